The summed E-state index contributed by atoms with van der Waals surface area (Å²) in [5.41, 5.74) is -0.463. The fourth-order valence-corrected chi connectivity index (χ4v) is 1.03. The van der Waals surface area contributed by atoms with Crippen molar-refractivity contribution in [1.82, 2.24) is 5.32 Å². The van der Waals surface area contributed by atoms with Gasteiger partial charge in [-0.3, -0.25) is 0 Å². The van der Waals surface area contributed by atoms with E-state index in [0.717, 1.165) is 6.42 Å². The predicted molar refractivity (Wildman–Crippen MR) is 69.3 cm³/mol. The molecule has 5 heteroatoms. The molecular formula is C13H23NO4. The van der Waals surface area contributed by atoms with E-state index in [1.165, 1.54) is 0 Å². The SMILES string of the molecule is C#CCOCCOCCCNC(=O)OC(C)(C)C. The first-order chi connectivity index (χ1) is 8.45. The summed E-state index contributed by atoms with van der Waals surface area (Å²) in [7, 11) is 0. The zero-order valence-electron chi connectivity index (χ0n) is 11.5. The van der Waals surface area contributed by atoms with Crippen LogP contribution >= 0.6 is 0 Å². The van der Waals surface area contributed by atoms with Gasteiger partial charge in [0.15, 0.2) is 0 Å². The van der Waals surface area contributed by atoms with Crippen molar-refractivity contribution in [3.8, 4) is 12.3 Å². The molecule has 0 fully saturated rings. The molecule has 0 radical (unpaired) electrons. The van der Waals surface area contributed by atoms with Crippen LogP contribution in [0.3, 0.4) is 0 Å². The Labute approximate surface area is 109 Å². The van der Waals surface area contributed by atoms with E-state index in [-0.39, 0.29) is 0 Å². The molecule has 104 valence electrons. The number of hydrogen-bond acceptors (Lipinski definition) is 4. The highest BCUT2D eigenvalue weighted by molar-refractivity contribution is 5.67. The van der Waals surface area contributed by atoms with Gasteiger partial charge in [0.25, 0.3) is 0 Å². The molecule has 0 saturated heterocycles. The van der Waals surface area contributed by atoms with Crippen molar-refractivity contribution in [2.75, 3.05) is 33.0 Å². The van der Waals surface area contributed by atoms with E-state index in [4.69, 9.17) is 20.6 Å². The second kappa shape index (κ2) is 9.75. The molecule has 0 aliphatic rings. The van der Waals surface area contributed by atoms with Crippen molar-refractivity contribution >= 4 is 6.09 Å². The summed E-state index contributed by atoms with van der Waals surface area (Å²) in [4.78, 5) is 11.3. The first-order valence-electron chi connectivity index (χ1n) is 6.01. The molecule has 0 aliphatic carbocycles. The molecule has 0 spiro atoms. The summed E-state index contributed by atoms with van der Waals surface area (Å²) in [5.74, 6) is 2.37. The zero-order chi connectivity index (χ0) is 13.9. The zero-order valence-corrected chi connectivity index (χ0v) is 11.5. The lowest BCUT2D eigenvalue weighted by atomic mass is 10.2. The Kier molecular flexibility index (Phi) is 9.07. The minimum Gasteiger partial charge on any atom is -0.444 e. The number of carbonyl (C=O) groups excluding carboxylic acids is 1. The lowest BCUT2D eigenvalue weighted by Crippen LogP contribution is -2.33. The summed E-state index contributed by atoms with van der Waals surface area (Å²) < 4.78 is 15.4. The molecule has 0 rings (SSSR count). The Morgan fingerprint density at radius 3 is 2.50 bits per heavy atom. The van der Waals surface area contributed by atoms with E-state index in [9.17, 15) is 4.79 Å². The number of amides is 1. The van der Waals surface area contributed by atoms with Crippen LogP contribution in [0, 0.1) is 12.3 Å². The second-order valence-corrected chi connectivity index (χ2v) is 4.65. The fourth-order valence-electron chi connectivity index (χ4n) is 1.03. The maximum Gasteiger partial charge on any atom is 0.407 e. The third kappa shape index (κ3) is 12.8. The average molecular weight is 257 g/mol. The van der Waals surface area contributed by atoms with Crippen molar-refractivity contribution in [1.29, 1.82) is 0 Å². The third-order valence-electron chi connectivity index (χ3n) is 1.69. The van der Waals surface area contributed by atoms with Crippen molar-refractivity contribution in [2.24, 2.45) is 0 Å². The Morgan fingerprint density at radius 2 is 1.89 bits per heavy atom. The molecule has 5 nitrogen and oxygen atoms in total. The summed E-state index contributed by atoms with van der Waals surface area (Å²) in [6, 6.07) is 0. The Bertz CT molecular complexity index is 265. The summed E-state index contributed by atoms with van der Waals surface area (Å²) in [6.45, 7) is 7.88. The highest BCUT2D eigenvalue weighted by Gasteiger charge is 2.15. The highest BCUT2D eigenvalue weighted by atomic mass is 16.6. The van der Waals surface area contributed by atoms with Crippen molar-refractivity contribution < 1.29 is 19.0 Å². The molecule has 1 N–H and O–H groups in total. The van der Waals surface area contributed by atoms with Crippen LogP contribution in [0.4, 0.5) is 4.79 Å². The first kappa shape index (κ1) is 16.8. The van der Waals surface area contributed by atoms with Gasteiger partial charge in [-0.05, 0) is 27.2 Å². The van der Waals surface area contributed by atoms with Gasteiger partial charge in [0.2, 0.25) is 0 Å². The van der Waals surface area contributed by atoms with Crippen LogP contribution in [0.15, 0.2) is 0 Å². The van der Waals surface area contributed by atoms with Crippen LogP contribution in [0.5, 0.6) is 0 Å². The Hall–Kier alpha value is -1.25. The molecule has 0 aromatic carbocycles. The van der Waals surface area contributed by atoms with E-state index in [0.29, 0.717) is 33.0 Å². The second-order valence-electron chi connectivity index (χ2n) is 4.65. The molecule has 0 unspecified atom stereocenters. The van der Waals surface area contributed by atoms with E-state index in [1.54, 1.807) is 0 Å². The van der Waals surface area contributed by atoms with Gasteiger partial charge in [0, 0.05) is 13.2 Å². The standard InChI is InChI=1S/C13H23NO4/c1-5-8-16-10-11-17-9-6-7-14-12(15)18-13(2,3)4/h1H,6-11H2,2-4H3,(H,14,15). The predicted octanol–water partition coefficient (Wildman–Crippen LogP) is 1.57. The maximum atomic E-state index is 11.3. The number of carbonyl (C=O) groups is 1. The lowest BCUT2D eigenvalue weighted by molar-refractivity contribution is 0.0489. The molecule has 0 heterocycles. The van der Waals surface area contributed by atoms with Crippen LogP contribution in [-0.4, -0.2) is 44.7 Å². The average Bonchev–Trinajstić information content (AvgIpc) is 2.24. The molecule has 0 aromatic heterocycles. The van der Waals surface area contributed by atoms with Crippen molar-refractivity contribution in [2.45, 2.75) is 32.8 Å². The van der Waals surface area contributed by atoms with Crippen LogP contribution in [-0.2, 0) is 14.2 Å². The van der Waals surface area contributed by atoms with Crippen molar-refractivity contribution in [3.05, 3.63) is 0 Å². The number of nitrogens with one attached hydrogen (secondary N) is 1. The fraction of sp³-hybridized carbons (Fsp3) is 0.769. The van der Waals surface area contributed by atoms with Gasteiger partial charge in [-0.25, -0.2) is 4.79 Å². The van der Waals surface area contributed by atoms with Gasteiger partial charge in [-0.1, -0.05) is 5.92 Å². The summed E-state index contributed by atoms with van der Waals surface area (Å²) in [5, 5.41) is 2.65. The van der Waals surface area contributed by atoms with Gasteiger partial charge in [0.1, 0.15) is 12.2 Å². The molecule has 0 aliphatic heterocycles. The quantitative estimate of drug-likeness (QED) is 0.529. The number of alkyl carbamates (subject to hydrolysis) is 1. The number of hydrogen-bond donors (Lipinski definition) is 1. The largest absolute Gasteiger partial charge is 0.444 e. The Balaban J connectivity index is 3.26. The minimum atomic E-state index is -0.463. The molecule has 1 amide bonds. The molecule has 0 saturated carbocycles. The van der Waals surface area contributed by atoms with Crippen LogP contribution < -0.4 is 5.32 Å². The third-order valence-corrected chi connectivity index (χ3v) is 1.69. The van der Waals surface area contributed by atoms with E-state index in [2.05, 4.69) is 11.2 Å². The number of rotatable bonds is 8. The molecule has 0 bridgehead atoms. The van der Waals surface area contributed by atoms with E-state index in [1.807, 2.05) is 20.8 Å². The monoisotopic (exact) mass is 257 g/mol. The van der Waals surface area contributed by atoms with Gasteiger partial charge in [0.05, 0.1) is 13.2 Å². The van der Waals surface area contributed by atoms with Gasteiger partial charge < -0.3 is 19.5 Å². The van der Waals surface area contributed by atoms with Gasteiger partial charge >= 0.3 is 6.09 Å². The van der Waals surface area contributed by atoms with Crippen LogP contribution in [0.2, 0.25) is 0 Å². The van der Waals surface area contributed by atoms with Crippen LogP contribution in [0.25, 0.3) is 0 Å². The van der Waals surface area contributed by atoms with Crippen LogP contribution in [0.1, 0.15) is 27.2 Å². The number of terminal acetylenes is 1. The van der Waals surface area contributed by atoms with Crippen molar-refractivity contribution in [3.63, 3.8) is 0 Å². The number of ether oxygens (including phenoxy) is 3. The van der Waals surface area contributed by atoms with Gasteiger partial charge in [-0.2, -0.15) is 0 Å². The summed E-state index contributed by atoms with van der Waals surface area (Å²) in [6.07, 6.45) is 5.34. The lowest BCUT2D eigenvalue weighted by Gasteiger charge is -2.19. The Morgan fingerprint density at radius 1 is 1.22 bits per heavy atom. The molecule has 0 aromatic rings. The first-order valence-corrected chi connectivity index (χ1v) is 6.01. The highest BCUT2D eigenvalue weighted by Crippen LogP contribution is 2.06. The molecular weight excluding hydrogens is 234 g/mol. The molecule has 0 atom stereocenters. The smallest absolute Gasteiger partial charge is 0.407 e. The van der Waals surface area contributed by atoms with E-state index >= 15 is 0 Å². The normalized spacial score (nSPS) is 10.8. The maximum absolute atomic E-state index is 11.3. The van der Waals surface area contributed by atoms with Gasteiger partial charge in [-0.15, -0.1) is 6.42 Å². The minimum absolute atomic E-state index is 0.309. The summed E-state index contributed by atoms with van der Waals surface area (Å²) >= 11 is 0. The van der Waals surface area contributed by atoms with E-state index < -0.39 is 11.7 Å². The topological polar surface area (TPSA) is 56.8 Å². The molecule has 18 heavy (non-hydrogen) atoms.